The highest BCUT2D eigenvalue weighted by Crippen LogP contribution is 2.05. The van der Waals surface area contributed by atoms with Gasteiger partial charge < -0.3 is 10.4 Å². The number of carbonyl (C=O) groups is 1. The molecule has 1 atom stereocenters. The van der Waals surface area contributed by atoms with Crippen LogP contribution in [-0.2, 0) is 6.42 Å². The van der Waals surface area contributed by atoms with Gasteiger partial charge in [-0.05, 0) is 12.0 Å². The van der Waals surface area contributed by atoms with Crippen molar-refractivity contribution >= 4 is 17.5 Å². The lowest BCUT2D eigenvalue weighted by Gasteiger charge is -2.16. The number of hydrogen-bond acceptors (Lipinski definition) is 4. The van der Waals surface area contributed by atoms with Crippen LogP contribution in [0.1, 0.15) is 16.1 Å². The summed E-state index contributed by atoms with van der Waals surface area (Å²) in [6, 6.07) is 9.25. The maximum Gasteiger partial charge on any atom is 0.271 e. The number of halogens is 1. The molecule has 0 aliphatic rings. The second-order valence-electron chi connectivity index (χ2n) is 4.27. The molecule has 0 bridgehead atoms. The van der Waals surface area contributed by atoms with Crippen molar-refractivity contribution in [3.8, 4) is 0 Å². The summed E-state index contributed by atoms with van der Waals surface area (Å²) in [6.45, 7) is -0.151. The Balaban J connectivity index is 1.99. The highest BCUT2D eigenvalue weighted by Gasteiger charge is 2.14. The van der Waals surface area contributed by atoms with Gasteiger partial charge >= 0.3 is 0 Å². The number of nitrogens with zero attached hydrogens (tertiary/aromatic N) is 2. The van der Waals surface area contributed by atoms with E-state index in [0.29, 0.717) is 6.42 Å². The quantitative estimate of drug-likeness (QED) is 0.874. The molecule has 0 aliphatic carbocycles. The summed E-state index contributed by atoms with van der Waals surface area (Å²) in [4.78, 5) is 19.6. The van der Waals surface area contributed by atoms with E-state index in [9.17, 15) is 9.90 Å². The van der Waals surface area contributed by atoms with E-state index in [0.717, 1.165) is 5.56 Å². The number of aliphatic hydroxyl groups is 1. The molecule has 2 N–H and O–H groups in total. The van der Waals surface area contributed by atoms with Gasteiger partial charge in [0.1, 0.15) is 10.8 Å². The van der Waals surface area contributed by atoms with Gasteiger partial charge in [-0.1, -0.05) is 41.9 Å². The minimum atomic E-state index is -0.385. The van der Waals surface area contributed by atoms with Gasteiger partial charge in [0.2, 0.25) is 0 Å². The number of nitrogens with one attached hydrogen (secondary N) is 1. The summed E-state index contributed by atoms with van der Waals surface area (Å²) in [5.74, 6) is -0.385. The lowest BCUT2D eigenvalue weighted by molar-refractivity contribution is 0.0911. The summed E-state index contributed by atoms with van der Waals surface area (Å²) >= 11 is 5.61. The lowest BCUT2D eigenvalue weighted by Crippen LogP contribution is -2.39. The molecule has 2 aromatic rings. The Morgan fingerprint density at radius 3 is 2.60 bits per heavy atom. The van der Waals surface area contributed by atoms with Crippen molar-refractivity contribution in [2.24, 2.45) is 0 Å². The molecule has 0 saturated carbocycles. The molecule has 2 rings (SSSR count). The largest absolute Gasteiger partial charge is 0.394 e. The molecule has 104 valence electrons. The molecule has 20 heavy (non-hydrogen) atoms. The van der Waals surface area contributed by atoms with Gasteiger partial charge in [-0.25, -0.2) is 9.97 Å². The van der Waals surface area contributed by atoms with E-state index >= 15 is 0 Å². The molecule has 0 fully saturated rings. The number of carbonyl (C=O) groups excluding carboxylic acids is 1. The third-order valence-corrected chi connectivity index (χ3v) is 2.93. The van der Waals surface area contributed by atoms with Crippen molar-refractivity contribution in [3.05, 3.63) is 59.1 Å². The van der Waals surface area contributed by atoms with Gasteiger partial charge in [0.15, 0.2) is 0 Å². The highest BCUT2D eigenvalue weighted by atomic mass is 35.5. The van der Waals surface area contributed by atoms with Gasteiger partial charge in [-0.2, -0.15) is 0 Å². The number of aliphatic hydroxyl groups excluding tert-OH is 1. The number of hydrogen-bond donors (Lipinski definition) is 2. The number of rotatable bonds is 5. The molecule has 6 heteroatoms. The molecule has 0 unspecified atom stereocenters. The van der Waals surface area contributed by atoms with Crippen molar-refractivity contribution in [2.45, 2.75) is 12.5 Å². The number of aromatic nitrogens is 2. The average molecular weight is 292 g/mol. The molecule has 0 radical (unpaired) electrons. The summed E-state index contributed by atoms with van der Waals surface area (Å²) in [5.41, 5.74) is 1.20. The van der Waals surface area contributed by atoms with E-state index in [4.69, 9.17) is 11.6 Å². The van der Waals surface area contributed by atoms with Crippen LogP contribution in [0.15, 0.2) is 42.7 Å². The zero-order chi connectivity index (χ0) is 14.4. The van der Waals surface area contributed by atoms with Crippen molar-refractivity contribution in [1.82, 2.24) is 15.3 Å². The van der Waals surface area contributed by atoms with Crippen molar-refractivity contribution < 1.29 is 9.90 Å². The maximum absolute atomic E-state index is 11.9. The van der Waals surface area contributed by atoms with Crippen LogP contribution < -0.4 is 5.32 Å². The smallest absolute Gasteiger partial charge is 0.271 e. The first kappa shape index (κ1) is 14.4. The highest BCUT2D eigenvalue weighted by molar-refractivity contribution is 6.29. The second kappa shape index (κ2) is 6.98. The van der Waals surface area contributed by atoms with Crippen LogP contribution in [-0.4, -0.2) is 33.6 Å². The van der Waals surface area contributed by atoms with Crippen LogP contribution in [0.2, 0.25) is 5.15 Å². The predicted octanol–water partition coefficient (Wildman–Crippen LogP) is 1.46. The molecular weight excluding hydrogens is 278 g/mol. The Kier molecular flexibility index (Phi) is 5.03. The topological polar surface area (TPSA) is 75.1 Å². The van der Waals surface area contributed by atoms with E-state index in [1.54, 1.807) is 0 Å². The zero-order valence-corrected chi connectivity index (χ0v) is 11.4. The van der Waals surface area contributed by atoms with E-state index in [2.05, 4.69) is 15.3 Å². The summed E-state index contributed by atoms with van der Waals surface area (Å²) in [5, 5.41) is 12.3. The zero-order valence-electron chi connectivity index (χ0n) is 10.7. The Morgan fingerprint density at radius 2 is 2.00 bits per heavy atom. The first-order chi connectivity index (χ1) is 9.69. The van der Waals surface area contributed by atoms with Crippen molar-refractivity contribution in [2.75, 3.05) is 6.61 Å². The Labute approximate surface area is 121 Å². The standard InChI is InChI=1S/C14H14ClN3O2/c15-13-8-16-12(7-17-13)14(20)18-11(9-19)6-10-4-2-1-3-5-10/h1-5,7-8,11,19H,6,9H2,(H,18,20)/t11-/m1/s1. The molecule has 1 heterocycles. The molecule has 1 aromatic carbocycles. The third kappa shape index (κ3) is 4.01. The van der Waals surface area contributed by atoms with Gasteiger partial charge in [-0.15, -0.1) is 0 Å². The Hall–Kier alpha value is -1.98. The fraction of sp³-hybridized carbons (Fsp3) is 0.214. The molecular formula is C14H14ClN3O2. The molecule has 0 saturated heterocycles. The Morgan fingerprint density at radius 1 is 1.25 bits per heavy atom. The van der Waals surface area contributed by atoms with Crippen LogP contribution in [0.4, 0.5) is 0 Å². The number of benzene rings is 1. The van der Waals surface area contributed by atoms with E-state index in [1.807, 2.05) is 30.3 Å². The molecule has 0 aliphatic heterocycles. The minimum absolute atomic E-state index is 0.151. The number of amides is 1. The van der Waals surface area contributed by atoms with Gasteiger partial charge in [0, 0.05) is 0 Å². The predicted molar refractivity (Wildman–Crippen MR) is 75.5 cm³/mol. The summed E-state index contributed by atoms with van der Waals surface area (Å²) < 4.78 is 0. The normalized spacial score (nSPS) is 11.9. The van der Waals surface area contributed by atoms with E-state index < -0.39 is 0 Å². The first-order valence-electron chi connectivity index (χ1n) is 6.12. The fourth-order valence-corrected chi connectivity index (χ4v) is 1.85. The first-order valence-corrected chi connectivity index (χ1v) is 6.50. The second-order valence-corrected chi connectivity index (χ2v) is 4.65. The van der Waals surface area contributed by atoms with Crippen LogP contribution >= 0.6 is 11.6 Å². The molecule has 0 spiro atoms. The van der Waals surface area contributed by atoms with Crippen LogP contribution in [0.3, 0.4) is 0 Å². The van der Waals surface area contributed by atoms with Crippen LogP contribution in [0, 0.1) is 0 Å². The summed E-state index contributed by atoms with van der Waals surface area (Å²) in [7, 11) is 0. The third-order valence-electron chi connectivity index (χ3n) is 2.73. The fourth-order valence-electron chi connectivity index (χ4n) is 1.75. The van der Waals surface area contributed by atoms with Crippen LogP contribution in [0.5, 0.6) is 0 Å². The van der Waals surface area contributed by atoms with E-state index in [1.165, 1.54) is 12.4 Å². The average Bonchev–Trinajstić information content (AvgIpc) is 2.48. The summed E-state index contributed by atoms with van der Waals surface area (Å²) in [6.07, 6.45) is 3.15. The maximum atomic E-state index is 11.9. The lowest BCUT2D eigenvalue weighted by atomic mass is 10.1. The van der Waals surface area contributed by atoms with Crippen molar-refractivity contribution in [3.63, 3.8) is 0 Å². The van der Waals surface area contributed by atoms with Crippen LogP contribution in [0.25, 0.3) is 0 Å². The molecule has 1 amide bonds. The molecule has 5 nitrogen and oxygen atoms in total. The van der Waals surface area contributed by atoms with Gasteiger partial charge in [0.05, 0.1) is 25.0 Å². The van der Waals surface area contributed by atoms with Gasteiger partial charge in [-0.3, -0.25) is 4.79 Å². The van der Waals surface area contributed by atoms with Gasteiger partial charge in [0.25, 0.3) is 5.91 Å². The molecule has 1 aromatic heterocycles. The monoisotopic (exact) mass is 291 g/mol. The Bertz CT molecular complexity index is 560. The van der Waals surface area contributed by atoms with E-state index in [-0.39, 0.29) is 29.4 Å². The SMILES string of the molecule is O=C(N[C@@H](CO)Cc1ccccc1)c1cnc(Cl)cn1. The van der Waals surface area contributed by atoms with Crippen molar-refractivity contribution in [1.29, 1.82) is 0 Å². The minimum Gasteiger partial charge on any atom is -0.394 e.